The van der Waals surface area contributed by atoms with E-state index in [1.165, 1.54) is 13.8 Å². The van der Waals surface area contributed by atoms with Gasteiger partial charge in [-0.25, -0.2) is 4.79 Å². The van der Waals surface area contributed by atoms with E-state index in [1.807, 2.05) is 30.3 Å². The molecule has 4 N–H and O–H groups in total. The fourth-order valence-corrected chi connectivity index (χ4v) is 1.74. The van der Waals surface area contributed by atoms with Crippen LogP contribution in [0.4, 0.5) is 4.79 Å². The van der Waals surface area contributed by atoms with E-state index < -0.39 is 30.0 Å². The third kappa shape index (κ3) is 7.10. The molecule has 3 amide bonds. The monoisotopic (exact) mass is 337 g/mol. The molecule has 0 radical (unpaired) electrons. The van der Waals surface area contributed by atoms with Gasteiger partial charge in [-0.05, 0) is 19.4 Å². The van der Waals surface area contributed by atoms with Gasteiger partial charge in [-0.15, -0.1) is 0 Å². The number of carbonyl (C=O) groups is 3. The standard InChI is InChI=1S/C16H23N3O5/c1-11(14(21)17-8-9-20)18-15(22)12(2)19-16(23)24-10-13-6-4-3-5-7-13/h3-7,11-12,20H,8-10H2,1-2H3,(H,17,21)(H,18,22)(H,19,23)/t11-,12-/m0/s1. The van der Waals surface area contributed by atoms with Gasteiger partial charge in [0.1, 0.15) is 18.7 Å². The minimum Gasteiger partial charge on any atom is -0.445 e. The van der Waals surface area contributed by atoms with Crippen LogP contribution < -0.4 is 16.0 Å². The highest BCUT2D eigenvalue weighted by molar-refractivity contribution is 5.90. The summed E-state index contributed by atoms with van der Waals surface area (Å²) in [7, 11) is 0. The molecule has 1 aromatic rings. The van der Waals surface area contributed by atoms with Crippen molar-refractivity contribution in [2.24, 2.45) is 0 Å². The Morgan fingerprint density at radius 3 is 2.29 bits per heavy atom. The number of benzene rings is 1. The predicted molar refractivity (Wildman–Crippen MR) is 86.9 cm³/mol. The summed E-state index contributed by atoms with van der Waals surface area (Å²) < 4.78 is 5.02. The maximum atomic E-state index is 11.9. The van der Waals surface area contributed by atoms with E-state index in [4.69, 9.17) is 9.84 Å². The van der Waals surface area contributed by atoms with Gasteiger partial charge in [-0.2, -0.15) is 0 Å². The zero-order chi connectivity index (χ0) is 17.9. The first-order valence-corrected chi connectivity index (χ1v) is 7.60. The number of nitrogens with one attached hydrogen (secondary N) is 3. The number of carbonyl (C=O) groups excluding carboxylic acids is 3. The Labute approximate surface area is 140 Å². The molecule has 0 unspecified atom stereocenters. The Bertz CT molecular complexity index is 550. The van der Waals surface area contributed by atoms with E-state index in [9.17, 15) is 14.4 Å². The topological polar surface area (TPSA) is 117 Å². The van der Waals surface area contributed by atoms with Crippen molar-refractivity contribution in [3.63, 3.8) is 0 Å². The third-order valence-corrected chi connectivity index (χ3v) is 3.10. The van der Waals surface area contributed by atoms with E-state index in [0.29, 0.717) is 0 Å². The molecule has 132 valence electrons. The summed E-state index contributed by atoms with van der Waals surface area (Å²) in [6.07, 6.45) is -0.723. The van der Waals surface area contributed by atoms with Crippen molar-refractivity contribution in [1.82, 2.24) is 16.0 Å². The predicted octanol–water partition coefficient (Wildman–Crippen LogP) is -0.0855. The van der Waals surface area contributed by atoms with Gasteiger partial charge >= 0.3 is 6.09 Å². The molecule has 0 aromatic heterocycles. The second-order valence-electron chi connectivity index (χ2n) is 5.17. The number of alkyl carbamates (subject to hydrolysis) is 1. The van der Waals surface area contributed by atoms with Gasteiger partial charge in [0.2, 0.25) is 11.8 Å². The Kier molecular flexibility index (Phi) is 8.28. The van der Waals surface area contributed by atoms with Crippen molar-refractivity contribution in [2.45, 2.75) is 32.5 Å². The Morgan fingerprint density at radius 2 is 1.67 bits per heavy atom. The van der Waals surface area contributed by atoms with E-state index >= 15 is 0 Å². The van der Waals surface area contributed by atoms with E-state index in [0.717, 1.165) is 5.56 Å². The summed E-state index contributed by atoms with van der Waals surface area (Å²) in [6, 6.07) is 7.50. The highest BCUT2D eigenvalue weighted by Crippen LogP contribution is 2.00. The van der Waals surface area contributed by atoms with Gasteiger partial charge in [-0.3, -0.25) is 9.59 Å². The van der Waals surface area contributed by atoms with Crippen molar-refractivity contribution >= 4 is 17.9 Å². The van der Waals surface area contributed by atoms with Crippen LogP contribution in [0.25, 0.3) is 0 Å². The Morgan fingerprint density at radius 1 is 1.04 bits per heavy atom. The maximum Gasteiger partial charge on any atom is 0.408 e. The summed E-state index contributed by atoms with van der Waals surface area (Å²) in [5, 5.41) is 15.9. The van der Waals surface area contributed by atoms with Gasteiger partial charge in [0.05, 0.1) is 6.61 Å². The van der Waals surface area contributed by atoms with E-state index in [2.05, 4.69) is 16.0 Å². The molecule has 0 bridgehead atoms. The number of amides is 3. The SMILES string of the molecule is C[C@H](NC(=O)OCc1ccccc1)C(=O)N[C@@H](C)C(=O)NCCO. The number of ether oxygens (including phenoxy) is 1. The van der Waals surface area contributed by atoms with Gasteiger partial charge in [0.25, 0.3) is 0 Å². The van der Waals surface area contributed by atoms with Crippen LogP contribution in [-0.4, -0.2) is 48.2 Å². The lowest BCUT2D eigenvalue weighted by Gasteiger charge is -2.18. The molecule has 0 aliphatic carbocycles. The highest BCUT2D eigenvalue weighted by Gasteiger charge is 2.21. The summed E-state index contributed by atoms with van der Waals surface area (Å²) in [4.78, 5) is 35.2. The second kappa shape index (κ2) is 10.2. The number of aliphatic hydroxyl groups is 1. The molecule has 8 heteroatoms. The number of rotatable bonds is 8. The van der Waals surface area contributed by atoms with E-state index in [1.54, 1.807) is 0 Å². The minimum atomic E-state index is -0.860. The largest absolute Gasteiger partial charge is 0.445 e. The molecule has 0 fully saturated rings. The fraction of sp³-hybridized carbons (Fsp3) is 0.438. The average Bonchev–Trinajstić information content (AvgIpc) is 2.58. The lowest BCUT2D eigenvalue weighted by molar-refractivity contribution is -0.129. The molecule has 1 aromatic carbocycles. The van der Waals surface area contributed by atoms with Crippen molar-refractivity contribution in [2.75, 3.05) is 13.2 Å². The van der Waals surface area contributed by atoms with Crippen LogP contribution >= 0.6 is 0 Å². The van der Waals surface area contributed by atoms with Crippen LogP contribution in [-0.2, 0) is 20.9 Å². The van der Waals surface area contributed by atoms with Gasteiger partial charge in [0, 0.05) is 6.54 Å². The van der Waals surface area contributed by atoms with Crippen molar-refractivity contribution in [1.29, 1.82) is 0 Å². The first-order valence-electron chi connectivity index (χ1n) is 7.60. The Hall–Kier alpha value is -2.61. The van der Waals surface area contributed by atoms with Gasteiger partial charge < -0.3 is 25.8 Å². The van der Waals surface area contributed by atoms with Crippen LogP contribution in [0.5, 0.6) is 0 Å². The molecule has 0 aliphatic heterocycles. The molecule has 8 nitrogen and oxygen atoms in total. The molecule has 0 aliphatic rings. The molecule has 0 heterocycles. The number of hydrogen-bond donors (Lipinski definition) is 4. The van der Waals surface area contributed by atoms with Crippen LogP contribution in [0, 0.1) is 0 Å². The average molecular weight is 337 g/mol. The Balaban J connectivity index is 2.34. The molecular weight excluding hydrogens is 314 g/mol. The molecular formula is C16H23N3O5. The molecule has 0 saturated carbocycles. The van der Waals surface area contributed by atoms with E-state index in [-0.39, 0.29) is 19.8 Å². The highest BCUT2D eigenvalue weighted by atomic mass is 16.5. The normalized spacial score (nSPS) is 12.6. The lowest BCUT2D eigenvalue weighted by atomic mass is 10.2. The molecule has 0 saturated heterocycles. The zero-order valence-electron chi connectivity index (χ0n) is 13.7. The van der Waals surface area contributed by atoms with Gasteiger partial charge in [-0.1, -0.05) is 30.3 Å². The zero-order valence-corrected chi connectivity index (χ0v) is 13.7. The van der Waals surface area contributed by atoms with Crippen LogP contribution in [0.2, 0.25) is 0 Å². The van der Waals surface area contributed by atoms with Crippen LogP contribution in [0.15, 0.2) is 30.3 Å². The maximum absolute atomic E-state index is 11.9. The van der Waals surface area contributed by atoms with Gasteiger partial charge in [0.15, 0.2) is 0 Å². The lowest BCUT2D eigenvalue weighted by Crippen LogP contribution is -2.52. The second-order valence-corrected chi connectivity index (χ2v) is 5.17. The minimum absolute atomic E-state index is 0.0982. The van der Waals surface area contributed by atoms with Crippen molar-refractivity contribution < 1.29 is 24.2 Å². The summed E-state index contributed by atoms with van der Waals surface area (Å²) in [6.45, 7) is 3.01. The molecule has 0 spiro atoms. The number of aliphatic hydroxyl groups excluding tert-OH is 1. The quantitative estimate of drug-likeness (QED) is 0.529. The summed E-state index contributed by atoms with van der Waals surface area (Å²) in [5.41, 5.74) is 0.832. The fourth-order valence-electron chi connectivity index (χ4n) is 1.74. The van der Waals surface area contributed by atoms with Crippen LogP contribution in [0.1, 0.15) is 19.4 Å². The molecule has 1 rings (SSSR count). The summed E-state index contributed by atoms with van der Waals surface area (Å²) >= 11 is 0. The third-order valence-electron chi connectivity index (χ3n) is 3.10. The van der Waals surface area contributed by atoms with Crippen molar-refractivity contribution in [3.05, 3.63) is 35.9 Å². The molecule has 24 heavy (non-hydrogen) atoms. The summed E-state index contributed by atoms with van der Waals surface area (Å²) in [5.74, 6) is -0.936. The van der Waals surface area contributed by atoms with Crippen molar-refractivity contribution in [3.8, 4) is 0 Å². The molecule has 2 atom stereocenters. The first-order chi connectivity index (χ1) is 11.4. The smallest absolute Gasteiger partial charge is 0.408 e. The first kappa shape index (κ1) is 19.4. The van der Waals surface area contributed by atoms with Crippen LogP contribution in [0.3, 0.4) is 0 Å². The number of hydrogen-bond acceptors (Lipinski definition) is 5.